The van der Waals surface area contributed by atoms with Crippen molar-refractivity contribution < 1.29 is 55.4 Å². The fourth-order valence-electron chi connectivity index (χ4n) is 5.75. The zero-order valence-electron chi connectivity index (χ0n) is 28.6. The van der Waals surface area contributed by atoms with Crippen molar-refractivity contribution in [2.24, 2.45) is 0 Å². The number of hydrogen-bond acceptors (Lipinski definition) is 11. The van der Waals surface area contributed by atoms with Crippen molar-refractivity contribution in [3.05, 3.63) is 65.1 Å². The Bertz CT molecular complexity index is 1760. The quantitative estimate of drug-likeness (QED) is 0.157. The van der Waals surface area contributed by atoms with Gasteiger partial charge in [0, 0.05) is 48.9 Å². The van der Waals surface area contributed by atoms with Crippen LogP contribution in [0.15, 0.2) is 42.7 Å². The molecule has 1 aromatic carbocycles. The minimum absolute atomic E-state index is 0.0270. The third kappa shape index (κ3) is 10.5. The van der Waals surface area contributed by atoms with Crippen LogP contribution in [0.3, 0.4) is 0 Å². The lowest BCUT2D eigenvalue weighted by Gasteiger charge is -2.34. The number of aryl methyl sites for hydroxylation is 1. The molecule has 4 heterocycles. The van der Waals surface area contributed by atoms with E-state index < -0.39 is 41.8 Å². The van der Waals surface area contributed by atoms with Gasteiger partial charge in [0.25, 0.3) is 5.91 Å². The second-order valence-corrected chi connectivity index (χ2v) is 12.0. The maximum Gasteiger partial charge on any atom is 0.458 e. The Morgan fingerprint density at radius 2 is 1.62 bits per heavy atom. The van der Waals surface area contributed by atoms with E-state index in [-0.39, 0.29) is 6.54 Å². The summed E-state index contributed by atoms with van der Waals surface area (Å²) in [5.74, 6) is -4.95. The number of carboxylic acids is 1. The van der Waals surface area contributed by atoms with E-state index in [1.165, 1.54) is 19.0 Å². The van der Waals surface area contributed by atoms with Crippen LogP contribution >= 0.6 is 0 Å². The van der Waals surface area contributed by atoms with Gasteiger partial charge in [-0.25, -0.2) is 19.7 Å². The molecule has 0 saturated carbocycles. The van der Waals surface area contributed by atoms with E-state index in [4.69, 9.17) is 9.72 Å². The Balaban J connectivity index is 0.000000450. The molecular weight excluding hydrogens is 716 g/mol. The maximum absolute atomic E-state index is 12.7. The van der Waals surface area contributed by atoms with Gasteiger partial charge in [0.15, 0.2) is 0 Å². The molecule has 1 fully saturated rings. The van der Waals surface area contributed by atoms with Gasteiger partial charge in [-0.2, -0.15) is 26.3 Å². The van der Waals surface area contributed by atoms with E-state index in [0.29, 0.717) is 29.5 Å². The van der Waals surface area contributed by atoms with Gasteiger partial charge < -0.3 is 30.7 Å². The highest BCUT2D eigenvalue weighted by Gasteiger charge is 2.54. The molecule has 2 aliphatic rings. The molecule has 1 atom stereocenters. The van der Waals surface area contributed by atoms with Crippen LogP contribution in [0.25, 0.3) is 0 Å². The first-order valence-corrected chi connectivity index (χ1v) is 16.5. The predicted octanol–water partition coefficient (Wildman–Crippen LogP) is 4.73. The first-order valence-electron chi connectivity index (χ1n) is 16.5. The minimum Gasteiger partial charge on any atom is -0.497 e. The number of piperidine rings is 1. The van der Waals surface area contributed by atoms with Gasteiger partial charge >= 0.3 is 29.9 Å². The number of amides is 1. The Kier molecular flexibility index (Phi) is 13.2. The number of methoxy groups -OCH3 is 1. The number of carbonyl (C=O) groups is 4. The molecule has 2 aromatic heterocycles. The highest BCUT2D eigenvalue weighted by molar-refractivity contribution is 6.41. The fourth-order valence-corrected chi connectivity index (χ4v) is 5.75. The Morgan fingerprint density at radius 3 is 2.19 bits per heavy atom. The molecule has 13 nitrogen and oxygen atoms in total. The number of ether oxygens (including phenoxy) is 1. The summed E-state index contributed by atoms with van der Waals surface area (Å²) < 4.78 is 72.1. The van der Waals surface area contributed by atoms with E-state index in [0.717, 1.165) is 68.2 Å². The molecule has 286 valence electrons. The van der Waals surface area contributed by atoms with Crippen LogP contribution in [0.2, 0.25) is 0 Å². The Labute approximate surface area is 299 Å². The summed E-state index contributed by atoms with van der Waals surface area (Å²) in [7, 11) is 1.54. The third-order valence-electron chi connectivity index (χ3n) is 8.56. The molecular formula is C34H37F6N7O6. The number of benzene rings is 1. The number of pyridine rings is 1. The van der Waals surface area contributed by atoms with Gasteiger partial charge in [0.2, 0.25) is 0 Å². The molecule has 19 heteroatoms. The molecule has 4 N–H and O–H groups in total. The van der Waals surface area contributed by atoms with Gasteiger partial charge in [-0.05, 0) is 68.0 Å². The molecule has 1 saturated heterocycles. The van der Waals surface area contributed by atoms with Crippen LogP contribution < -0.4 is 25.6 Å². The summed E-state index contributed by atoms with van der Waals surface area (Å²) in [6.07, 6.45) is -5.19. The first-order chi connectivity index (χ1) is 25.0. The number of ketones is 2. The number of fused-ring (bicyclic) bond motifs is 1. The van der Waals surface area contributed by atoms with Crippen LogP contribution in [-0.4, -0.2) is 95.2 Å². The number of nitrogens with zero attached hydrogens (tertiary/aromatic N) is 4. The van der Waals surface area contributed by atoms with Crippen molar-refractivity contribution >= 4 is 40.9 Å². The zero-order chi connectivity index (χ0) is 38.9. The number of nitrogens with one attached hydrogen (secondary N) is 3. The molecule has 0 bridgehead atoms. The van der Waals surface area contributed by atoms with Gasteiger partial charge in [-0.1, -0.05) is 13.0 Å². The van der Waals surface area contributed by atoms with Gasteiger partial charge in [-0.15, -0.1) is 0 Å². The van der Waals surface area contributed by atoms with Crippen LogP contribution in [0.5, 0.6) is 5.75 Å². The van der Waals surface area contributed by atoms with Crippen molar-refractivity contribution in [2.75, 3.05) is 48.8 Å². The number of alkyl halides is 6. The van der Waals surface area contributed by atoms with Crippen molar-refractivity contribution in [1.82, 2.24) is 20.3 Å². The lowest BCUT2D eigenvalue weighted by Crippen LogP contribution is -2.45. The SMILES string of the molecule is CCc1c(NC[C@H](NC(=O)c2ccc(OC)cc2)C(=O)O)ncnc1N1CCC(c2ccc3c(n2)NCCC3)CC1.O=C(C(=O)C(F)(F)F)C(F)(F)F. The van der Waals surface area contributed by atoms with Crippen LogP contribution in [-0.2, 0) is 27.2 Å². The highest BCUT2D eigenvalue weighted by Crippen LogP contribution is 2.33. The number of hydrogen-bond donors (Lipinski definition) is 4. The second kappa shape index (κ2) is 17.4. The Morgan fingerprint density at radius 1 is 0.981 bits per heavy atom. The molecule has 2 aliphatic heterocycles. The smallest absolute Gasteiger partial charge is 0.458 e. The minimum atomic E-state index is -5.77. The predicted molar refractivity (Wildman–Crippen MR) is 179 cm³/mol. The molecule has 0 spiro atoms. The number of Topliss-reactive ketones (excluding diaryl/α,β-unsaturated/α-hetero) is 2. The second-order valence-electron chi connectivity index (χ2n) is 12.0. The van der Waals surface area contributed by atoms with E-state index in [1.54, 1.807) is 24.3 Å². The monoisotopic (exact) mass is 753 g/mol. The average Bonchev–Trinajstić information content (AvgIpc) is 3.14. The standard InChI is InChI=1S/C30H37N7O4.C4F6O2/c1-3-23-27(32-17-25(30(39)40)36-29(38)21-6-9-22(41-2)10-7-21)33-18-34-28(23)37-15-12-19(13-16-37)24-11-8-20-5-4-14-31-26(20)35-24;5-3(6,7)1(11)2(12)4(8,9)10/h6-11,18-19,25H,3-5,12-17H2,1-2H3,(H,31,35)(H,36,38)(H,39,40)(H,32,33,34);/t25-;/m0./s1. The van der Waals surface area contributed by atoms with Gasteiger partial charge in [0.05, 0.1) is 7.11 Å². The molecule has 3 aromatic rings. The topological polar surface area (TPSA) is 176 Å². The van der Waals surface area contributed by atoms with Crippen molar-refractivity contribution in [1.29, 1.82) is 0 Å². The number of halogens is 6. The number of rotatable bonds is 11. The van der Waals surface area contributed by atoms with Crippen LogP contribution in [0.4, 0.5) is 43.8 Å². The summed E-state index contributed by atoms with van der Waals surface area (Å²) >= 11 is 0. The molecule has 5 rings (SSSR count). The van der Waals surface area contributed by atoms with E-state index >= 15 is 0 Å². The van der Waals surface area contributed by atoms with Crippen LogP contribution in [0, 0.1) is 0 Å². The number of anilines is 3. The van der Waals surface area contributed by atoms with Crippen molar-refractivity contribution in [3.63, 3.8) is 0 Å². The molecule has 0 radical (unpaired) electrons. The normalized spacial score (nSPS) is 15.1. The highest BCUT2D eigenvalue weighted by atomic mass is 19.4. The lowest BCUT2D eigenvalue weighted by atomic mass is 9.92. The molecule has 53 heavy (non-hydrogen) atoms. The maximum atomic E-state index is 12.7. The Hall–Kier alpha value is -5.49. The van der Waals surface area contributed by atoms with E-state index in [9.17, 15) is 50.6 Å². The largest absolute Gasteiger partial charge is 0.497 e. The number of aliphatic carboxylic acids is 1. The summed E-state index contributed by atoms with van der Waals surface area (Å²) in [4.78, 5) is 60.1. The number of aromatic nitrogens is 3. The lowest BCUT2D eigenvalue weighted by molar-refractivity contribution is -0.193. The van der Waals surface area contributed by atoms with E-state index in [1.807, 2.05) is 6.92 Å². The first kappa shape index (κ1) is 40.3. The molecule has 0 aliphatic carbocycles. The third-order valence-corrected chi connectivity index (χ3v) is 8.56. The number of carboxylic acid groups (broad SMARTS) is 1. The summed E-state index contributed by atoms with van der Waals surface area (Å²) in [6, 6.07) is 9.74. The summed E-state index contributed by atoms with van der Waals surface area (Å²) in [5.41, 5.74) is 3.72. The zero-order valence-corrected chi connectivity index (χ0v) is 28.6. The van der Waals surface area contributed by atoms with Gasteiger partial charge in [-0.3, -0.25) is 14.4 Å². The van der Waals surface area contributed by atoms with Crippen molar-refractivity contribution in [2.45, 2.75) is 63.3 Å². The summed E-state index contributed by atoms with van der Waals surface area (Å²) in [5, 5.41) is 19.0. The summed E-state index contributed by atoms with van der Waals surface area (Å²) in [6.45, 7) is 4.67. The average molecular weight is 754 g/mol. The van der Waals surface area contributed by atoms with Gasteiger partial charge in [0.1, 0.15) is 35.6 Å². The number of carbonyl (C=O) groups excluding carboxylic acids is 3. The van der Waals surface area contributed by atoms with Crippen LogP contribution in [0.1, 0.15) is 59.3 Å². The van der Waals surface area contributed by atoms with E-state index in [2.05, 4.69) is 43.0 Å². The fraction of sp³-hybridized carbons (Fsp3) is 0.441. The molecule has 0 unspecified atom stereocenters. The molecule has 1 amide bonds. The van der Waals surface area contributed by atoms with Crippen molar-refractivity contribution in [3.8, 4) is 5.75 Å².